The third-order valence-electron chi connectivity index (χ3n) is 8.29. The Morgan fingerprint density at radius 3 is 2.22 bits per heavy atom. The van der Waals surface area contributed by atoms with Crippen molar-refractivity contribution in [1.29, 1.82) is 0 Å². The monoisotopic (exact) mass is 474 g/mol. The van der Waals surface area contributed by atoms with E-state index < -0.39 is 4.87 Å². The molecule has 32 heavy (non-hydrogen) atoms. The van der Waals surface area contributed by atoms with Gasteiger partial charge in [0.15, 0.2) is 0 Å². The van der Waals surface area contributed by atoms with Crippen molar-refractivity contribution in [3.05, 3.63) is 58.7 Å². The van der Waals surface area contributed by atoms with Gasteiger partial charge in [0.2, 0.25) is 0 Å². The fourth-order valence-corrected chi connectivity index (χ4v) is 7.08. The van der Waals surface area contributed by atoms with Crippen molar-refractivity contribution in [2.24, 2.45) is 11.8 Å². The Bertz CT molecular complexity index is 771. The van der Waals surface area contributed by atoms with Gasteiger partial charge >= 0.3 is 0 Å². The van der Waals surface area contributed by atoms with Crippen LogP contribution in [0.15, 0.2) is 42.5 Å². The molecule has 0 nitrogen and oxygen atoms in total. The predicted octanol–water partition coefficient (Wildman–Crippen LogP) is 10.2. The van der Waals surface area contributed by atoms with E-state index in [0.29, 0.717) is 5.92 Å². The highest BCUT2D eigenvalue weighted by molar-refractivity contribution is 6.32. The van der Waals surface area contributed by atoms with Crippen LogP contribution >= 0.6 is 23.2 Å². The Labute approximate surface area is 207 Å². The first kappa shape index (κ1) is 25.9. The van der Waals surface area contributed by atoms with Gasteiger partial charge in [0.25, 0.3) is 0 Å². The molecule has 0 heterocycles. The molecule has 178 valence electrons. The summed E-state index contributed by atoms with van der Waals surface area (Å²) in [6.07, 6.45) is 25.4. The zero-order valence-electron chi connectivity index (χ0n) is 20.6. The molecule has 0 aromatic heterocycles. The van der Waals surface area contributed by atoms with Crippen LogP contribution in [0.5, 0.6) is 0 Å². The first-order chi connectivity index (χ1) is 15.5. The maximum atomic E-state index is 7.51. The van der Waals surface area contributed by atoms with Gasteiger partial charge in [-0.25, -0.2) is 0 Å². The highest BCUT2D eigenvalue weighted by Crippen LogP contribution is 2.57. The molecule has 0 bridgehead atoms. The van der Waals surface area contributed by atoms with Gasteiger partial charge in [-0.2, -0.15) is 0 Å². The first-order valence-corrected chi connectivity index (χ1v) is 14.1. The van der Waals surface area contributed by atoms with Gasteiger partial charge in [0, 0.05) is 10.4 Å². The summed E-state index contributed by atoms with van der Waals surface area (Å²) in [5.41, 5.74) is 2.37. The molecule has 0 saturated heterocycles. The molecule has 1 aromatic rings. The summed E-state index contributed by atoms with van der Waals surface area (Å²) < 4.78 is 0. The summed E-state index contributed by atoms with van der Waals surface area (Å²) in [6.45, 7) is 6.79. The molecule has 0 radical (unpaired) electrons. The van der Waals surface area contributed by atoms with Gasteiger partial charge in [0.1, 0.15) is 0 Å². The smallest absolute Gasteiger partial charge is 0.0760 e. The fraction of sp³-hybridized carbons (Fsp3) is 0.667. The lowest BCUT2D eigenvalue weighted by Gasteiger charge is -2.52. The molecule has 2 aliphatic rings. The zero-order chi connectivity index (χ0) is 23.0. The molecule has 0 aliphatic heterocycles. The number of unbranched alkanes of at least 4 members (excludes halogenated alkanes) is 4. The molecule has 0 N–H and O–H groups in total. The van der Waals surface area contributed by atoms with Crippen LogP contribution in [-0.4, -0.2) is 4.87 Å². The Hall–Kier alpha value is -0.720. The molecule has 1 aromatic carbocycles. The highest BCUT2D eigenvalue weighted by atomic mass is 35.5. The van der Waals surface area contributed by atoms with Crippen molar-refractivity contribution >= 4 is 23.2 Å². The van der Waals surface area contributed by atoms with Crippen LogP contribution < -0.4 is 0 Å². The van der Waals surface area contributed by atoms with E-state index in [1.165, 1.54) is 81.8 Å². The molecule has 2 aliphatic carbocycles. The van der Waals surface area contributed by atoms with Crippen molar-refractivity contribution in [2.75, 3.05) is 0 Å². The SMILES string of the molecule is CCCCCc1ccc([C@]2(C3CCC(CCCCC)CC3)C=CC=C[C@@]2(Cl)CC)c(Cl)c1. The molecule has 0 spiro atoms. The Balaban J connectivity index is 1.89. The molecule has 2 atom stereocenters. The summed E-state index contributed by atoms with van der Waals surface area (Å²) >= 11 is 14.6. The van der Waals surface area contributed by atoms with Crippen molar-refractivity contribution in [3.8, 4) is 0 Å². The minimum absolute atomic E-state index is 0.231. The minimum atomic E-state index is -0.422. The predicted molar refractivity (Wildman–Crippen MR) is 143 cm³/mol. The quantitative estimate of drug-likeness (QED) is 0.221. The van der Waals surface area contributed by atoms with Gasteiger partial charge in [-0.3, -0.25) is 0 Å². The summed E-state index contributed by atoms with van der Waals surface area (Å²) in [5, 5.41) is 0.905. The van der Waals surface area contributed by atoms with E-state index in [4.69, 9.17) is 23.2 Å². The first-order valence-electron chi connectivity index (χ1n) is 13.4. The summed E-state index contributed by atoms with van der Waals surface area (Å²) in [4.78, 5) is -0.422. The Morgan fingerprint density at radius 2 is 1.56 bits per heavy atom. The minimum Gasteiger partial charge on any atom is -0.113 e. The average Bonchev–Trinajstić information content (AvgIpc) is 2.81. The van der Waals surface area contributed by atoms with E-state index in [9.17, 15) is 0 Å². The van der Waals surface area contributed by atoms with E-state index in [0.717, 1.165) is 23.8 Å². The fourth-order valence-electron chi connectivity index (χ4n) is 6.33. The summed E-state index contributed by atoms with van der Waals surface area (Å²) in [7, 11) is 0. The number of rotatable bonds is 11. The van der Waals surface area contributed by atoms with Crippen LogP contribution in [0.4, 0.5) is 0 Å². The standard InChI is InChI=1S/C30H44Cl2/c1-4-7-9-13-24-15-18-26(19-16-24)30(22-12-11-21-29(30,32)6-3)27-20-17-25(23-28(27)31)14-10-8-5-2/h11-12,17,20-24,26H,4-10,13-16,18-19H2,1-3H3/t24?,26?,29-,30+/m0/s1. The van der Waals surface area contributed by atoms with E-state index in [2.05, 4.69) is 63.3 Å². The second-order valence-electron chi connectivity index (χ2n) is 10.3. The molecule has 1 fully saturated rings. The molecule has 3 rings (SSSR count). The van der Waals surface area contributed by atoms with Crippen molar-refractivity contribution in [2.45, 2.75) is 115 Å². The maximum absolute atomic E-state index is 7.51. The number of hydrogen-bond donors (Lipinski definition) is 0. The maximum Gasteiger partial charge on any atom is 0.0760 e. The number of benzene rings is 1. The third-order valence-corrected chi connectivity index (χ3v) is 9.31. The van der Waals surface area contributed by atoms with Crippen molar-refractivity contribution in [3.63, 3.8) is 0 Å². The number of allylic oxidation sites excluding steroid dienone is 4. The van der Waals surface area contributed by atoms with Crippen molar-refractivity contribution in [1.82, 2.24) is 0 Å². The van der Waals surface area contributed by atoms with Gasteiger partial charge in [-0.05, 0) is 61.1 Å². The van der Waals surface area contributed by atoms with Gasteiger partial charge in [-0.1, -0.05) is 120 Å². The van der Waals surface area contributed by atoms with Crippen LogP contribution in [-0.2, 0) is 11.8 Å². The van der Waals surface area contributed by atoms with Crippen LogP contribution in [0.3, 0.4) is 0 Å². The third kappa shape index (κ3) is 5.50. The Morgan fingerprint density at radius 1 is 0.875 bits per heavy atom. The second kappa shape index (κ2) is 12.1. The van der Waals surface area contributed by atoms with Gasteiger partial charge < -0.3 is 0 Å². The average molecular weight is 476 g/mol. The van der Waals surface area contributed by atoms with Crippen LogP contribution in [0.2, 0.25) is 5.02 Å². The largest absolute Gasteiger partial charge is 0.113 e. The summed E-state index contributed by atoms with van der Waals surface area (Å²) in [5.74, 6) is 1.42. The van der Waals surface area contributed by atoms with Gasteiger partial charge in [0.05, 0.1) is 4.87 Å². The van der Waals surface area contributed by atoms with E-state index in [1.807, 2.05) is 0 Å². The van der Waals surface area contributed by atoms with Crippen molar-refractivity contribution < 1.29 is 0 Å². The molecule has 0 unspecified atom stereocenters. The lowest BCUT2D eigenvalue weighted by molar-refractivity contribution is 0.168. The number of aryl methyl sites for hydroxylation is 1. The molecule has 0 amide bonds. The van der Waals surface area contributed by atoms with Gasteiger partial charge in [-0.15, -0.1) is 11.6 Å². The van der Waals surface area contributed by atoms with E-state index >= 15 is 0 Å². The lowest BCUT2D eigenvalue weighted by Crippen LogP contribution is -2.52. The zero-order valence-corrected chi connectivity index (χ0v) is 22.2. The number of halogens is 2. The number of hydrogen-bond acceptors (Lipinski definition) is 0. The van der Waals surface area contributed by atoms with E-state index in [-0.39, 0.29) is 5.41 Å². The van der Waals surface area contributed by atoms with Crippen LogP contribution in [0, 0.1) is 11.8 Å². The Kier molecular flexibility index (Phi) is 9.81. The molecule has 2 heteroatoms. The van der Waals surface area contributed by atoms with E-state index in [1.54, 1.807) is 0 Å². The topological polar surface area (TPSA) is 0 Å². The number of alkyl halides is 1. The normalized spacial score (nSPS) is 30.0. The van der Waals surface area contributed by atoms with Crippen LogP contribution in [0.25, 0.3) is 0 Å². The highest BCUT2D eigenvalue weighted by Gasteiger charge is 2.54. The molecular formula is C30H44Cl2. The lowest BCUT2D eigenvalue weighted by atomic mass is 9.55. The second-order valence-corrected chi connectivity index (χ2v) is 11.4. The van der Waals surface area contributed by atoms with Crippen LogP contribution in [0.1, 0.15) is 109 Å². The summed E-state index contributed by atoms with van der Waals surface area (Å²) in [6, 6.07) is 6.85. The molecular weight excluding hydrogens is 431 g/mol. The molecule has 1 saturated carbocycles.